The van der Waals surface area contributed by atoms with Crippen LogP contribution in [0.15, 0.2) is 42.5 Å². The van der Waals surface area contributed by atoms with Crippen molar-refractivity contribution >= 4 is 12.1 Å². The van der Waals surface area contributed by atoms with Gasteiger partial charge in [0.25, 0.3) is 0 Å². The fourth-order valence-electron chi connectivity index (χ4n) is 3.43. The van der Waals surface area contributed by atoms with Crippen molar-refractivity contribution in [1.29, 1.82) is 0 Å². The average Bonchev–Trinajstić information content (AvgIpc) is 2.75. The summed E-state index contributed by atoms with van der Waals surface area (Å²) < 4.78 is 0. The van der Waals surface area contributed by atoms with Crippen LogP contribution >= 0.6 is 0 Å². The van der Waals surface area contributed by atoms with E-state index in [9.17, 15) is 15.0 Å². The Kier molecular flexibility index (Phi) is 10.3. The third-order valence-corrected chi connectivity index (χ3v) is 5.32. The van der Waals surface area contributed by atoms with Crippen LogP contribution in [0.3, 0.4) is 0 Å². The number of carbonyl (C=O) groups excluding carboxylic acids is 1. The molecule has 0 aliphatic heterocycles. The SMILES string of the molecule is CC(CCCc1ccc(CCCCN)cc1)NC[C@H](O)c1ccc(O)c(NC=O)c1. The molecule has 164 valence electrons. The standard InChI is InChI=1S/C24H35N3O3/c1-18(5-4-7-20-10-8-19(9-11-20)6-2-3-14-25)26-16-24(30)21-12-13-23(29)22(15-21)27-17-28/h8-13,15,17-18,24,26,29-30H,2-7,14,16,25H2,1H3,(H,27,28)/t18?,24-/m0/s1. The van der Waals surface area contributed by atoms with Crippen LogP contribution in [-0.4, -0.2) is 35.8 Å². The van der Waals surface area contributed by atoms with Crippen LogP contribution < -0.4 is 16.4 Å². The number of hydrogen-bond acceptors (Lipinski definition) is 5. The Morgan fingerprint density at radius 2 is 1.70 bits per heavy atom. The molecule has 0 aromatic heterocycles. The highest BCUT2D eigenvalue weighted by Gasteiger charge is 2.12. The molecule has 6 heteroatoms. The van der Waals surface area contributed by atoms with Gasteiger partial charge < -0.3 is 26.6 Å². The molecule has 2 aromatic carbocycles. The van der Waals surface area contributed by atoms with Gasteiger partial charge >= 0.3 is 0 Å². The number of aromatic hydroxyl groups is 1. The Hall–Kier alpha value is -2.41. The molecule has 0 saturated heterocycles. The molecule has 0 radical (unpaired) electrons. The third-order valence-electron chi connectivity index (χ3n) is 5.32. The summed E-state index contributed by atoms with van der Waals surface area (Å²) >= 11 is 0. The van der Waals surface area contributed by atoms with Gasteiger partial charge in [0.1, 0.15) is 5.75 Å². The van der Waals surface area contributed by atoms with Crippen LogP contribution in [0, 0.1) is 0 Å². The minimum atomic E-state index is -0.716. The molecule has 0 spiro atoms. The summed E-state index contributed by atoms with van der Waals surface area (Å²) in [6, 6.07) is 13.9. The zero-order valence-corrected chi connectivity index (χ0v) is 17.8. The summed E-state index contributed by atoms with van der Waals surface area (Å²) in [5, 5.41) is 25.9. The van der Waals surface area contributed by atoms with Gasteiger partial charge in [-0.15, -0.1) is 0 Å². The Balaban J connectivity index is 1.70. The number of carbonyl (C=O) groups is 1. The molecule has 0 saturated carbocycles. The largest absolute Gasteiger partial charge is 0.506 e. The summed E-state index contributed by atoms with van der Waals surface area (Å²) in [6.45, 7) is 3.28. The summed E-state index contributed by atoms with van der Waals surface area (Å²) in [5.41, 5.74) is 9.20. The zero-order chi connectivity index (χ0) is 21.8. The quantitative estimate of drug-likeness (QED) is 0.186. The van der Waals surface area contributed by atoms with Crippen LogP contribution in [0.2, 0.25) is 0 Å². The van der Waals surface area contributed by atoms with Crippen molar-refractivity contribution < 1.29 is 15.0 Å². The van der Waals surface area contributed by atoms with Crippen molar-refractivity contribution in [2.45, 2.75) is 57.6 Å². The molecular formula is C24H35N3O3. The molecule has 0 heterocycles. The number of benzene rings is 2. The molecule has 6 nitrogen and oxygen atoms in total. The van der Waals surface area contributed by atoms with E-state index in [1.54, 1.807) is 12.1 Å². The summed E-state index contributed by atoms with van der Waals surface area (Å²) in [6.07, 6.45) is 6.22. The Morgan fingerprint density at radius 3 is 2.33 bits per heavy atom. The van der Waals surface area contributed by atoms with E-state index in [1.807, 2.05) is 0 Å². The number of aliphatic hydroxyl groups is 1. The van der Waals surface area contributed by atoms with E-state index in [2.05, 4.69) is 41.8 Å². The molecule has 2 aromatic rings. The van der Waals surface area contributed by atoms with Gasteiger partial charge in [-0.05, 0) is 80.8 Å². The highest BCUT2D eigenvalue weighted by Crippen LogP contribution is 2.26. The number of unbranched alkanes of at least 4 members (excludes halogenated alkanes) is 1. The Morgan fingerprint density at radius 1 is 1.03 bits per heavy atom. The van der Waals surface area contributed by atoms with E-state index in [4.69, 9.17) is 5.73 Å². The van der Waals surface area contributed by atoms with E-state index in [-0.39, 0.29) is 11.8 Å². The number of amides is 1. The minimum absolute atomic E-state index is 0.0250. The molecule has 2 atom stereocenters. The highest BCUT2D eigenvalue weighted by molar-refractivity contribution is 5.75. The van der Waals surface area contributed by atoms with Gasteiger partial charge in [-0.1, -0.05) is 30.3 Å². The first kappa shape index (κ1) is 23.9. The first-order chi connectivity index (χ1) is 14.5. The lowest BCUT2D eigenvalue weighted by Gasteiger charge is -2.18. The predicted octanol–water partition coefficient (Wildman–Crippen LogP) is 3.28. The number of nitrogens with one attached hydrogen (secondary N) is 2. The molecule has 2 rings (SSSR count). The predicted molar refractivity (Wildman–Crippen MR) is 122 cm³/mol. The summed E-state index contributed by atoms with van der Waals surface area (Å²) in [5.74, 6) is -0.0250. The van der Waals surface area contributed by atoms with Crippen molar-refractivity contribution in [3.8, 4) is 5.75 Å². The molecule has 1 unspecified atom stereocenters. The van der Waals surface area contributed by atoms with Gasteiger partial charge in [0.2, 0.25) is 6.41 Å². The van der Waals surface area contributed by atoms with Crippen LogP contribution in [0.4, 0.5) is 5.69 Å². The topological polar surface area (TPSA) is 108 Å². The summed E-state index contributed by atoms with van der Waals surface area (Å²) in [7, 11) is 0. The van der Waals surface area contributed by atoms with Gasteiger partial charge in [0.05, 0.1) is 11.8 Å². The lowest BCUT2D eigenvalue weighted by Crippen LogP contribution is -2.30. The number of rotatable bonds is 14. The summed E-state index contributed by atoms with van der Waals surface area (Å²) in [4.78, 5) is 10.6. The minimum Gasteiger partial charge on any atom is -0.506 e. The fourth-order valence-corrected chi connectivity index (χ4v) is 3.43. The maximum atomic E-state index is 10.6. The number of phenols is 1. The van der Waals surface area contributed by atoms with Crippen molar-refractivity contribution in [2.75, 3.05) is 18.4 Å². The number of aryl methyl sites for hydroxylation is 2. The van der Waals surface area contributed by atoms with E-state index in [0.29, 0.717) is 24.2 Å². The van der Waals surface area contributed by atoms with Gasteiger partial charge in [-0.2, -0.15) is 0 Å². The van der Waals surface area contributed by atoms with Crippen LogP contribution in [-0.2, 0) is 17.6 Å². The molecule has 6 N–H and O–H groups in total. The molecule has 0 aliphatic carbocycles. The first-order valence-corrected chi connectivity index (χ1v) is 10.8. The molecular weight excluding hydrogens is 378 g/mol. The third kappa shape index (κ3) is 8.14. The normalized spacial score (nSPS) is 13.0. The van der Waals surface area contributed by atoms with Crippen LogP contribution in [0.25, 0.3) is 0 Å². The number of hydrogen-bond donors (Lipinski definition) is 5. The van der Waals surface area contributed by atoms with E-state index >= 15 is 0 Å². The monoisotopic (exact) mass is 413 g/mol. The van der Waals surface area contributed by atoms with Gasteiger partial charge in [0, 0.05) is 12.6 Å². The van der Waals surface area contributed by atoms with Crippen LogP contribution in [0.1, 0.15) is 55.4 Å². The number of phenolic OH excluding ortho intramolecular Hbond substituents is 1. The fraction of sp³-hybridized carbons (Fsp3) is 0.458. The second-order valence-corrected chi connectivity index (χ2v) is 7.82. The van der Waals surface area contributed by atoms with Gasteiger partial charge in [0.15, 0.2) is 0 Å². The zero-order valence-electron chi connectivity index (χ0n) is 17.8. The van der Waals surface area contributed by atoms with Gasteiger partial charge in [-0.25, -0.2) is 0 Å². The average molecular weight is 414 g/mol. The Bertz CT molecular complexity index is 765. The maximum absolute atomic E-state index is 10.6. The second kappa shape index (κ2) is 13.0. The van der Waals surface area contributed by atoms with E-state index < -0.39 is 6.10 Å². The van der Waals surface area contributed by atoms with Crippen molar-refractivity contribution in [3.05, 3.63) is 59.2 Å². The Labute approximate surface area is 179 Å². The van der Waals surface area contributed by atoms with E-state index in [1.165, 1.54) is 17.2 Å². The number of aliphatic hydroxyl groups excluding tert-OH is 1. The highest BCUT2D eigenvalue weighted by atomic mass is 16.3. The van der Waals surface area contributed by atoms with Crippen molar-refractivity contribution in [3.63, 3.8) is 0 Å². The molecule has 0 bridgehead atoms. The molecule has 30 heavy (non-hydrogen) atoms. The molecule has 0 aliphatic rings. The van der Waals surface area contributed by atoms with E-state index in [0.717, 1.165) is 45.1 Å². The number of anilines is 1. The maximum Gasteiger partial charge on any atom is 0.211 e. The molecule has 0 fully saturated rings. The smallest absolute Gasteiger partial charge is 0.211 e. The van der Waals surface area contributed by atoms with Gasteiger partial charge in [-0.3, -0.25) is 4.79 Å². The first-order valence-electron chi connectivity index (χ1n) is 10.8. The molecule has 1 amide bonds. The number of nitrogens with two attached hydrogens (primary N) is 1. The van der Waals surface area contributed by atoms with Crippen LogP contribution in [0.5, 0.6) is 5.75 Å². The lowest BCUT2D eigenvalue weighted by atomic mass is 10.0. The van der Waals surface area contributed by atoms with Crippen molar-refractivity contribution in [2.24, 2.45) is 5.73 Å². The second-order valence-electron chi connectivity index (χ2n) is 7.82. The van der Waals surface area contributed by atoms with Crippen molar-refractivity contribution in [1.82, 2.24) is 5.32 Å². The lowest BCUT2D eigenvalue weighted by molar-refractivity contribution is -0.105.